The van der Waals surface area contributed by atoms with E-state index in [4.69, 9.17) is 11.6 Å². The fourth-order valence-electron chi connectivity index (χ4n) is 4.58. The number of allylic oxidation sites excluding steroid dienone is 5. The van der Waals surface area contributed by atoms with Gasteiger partial charge in [0.25, 0.3) is 5.56 Å². The molecular formula is C29H39ClN6O. The summed E-state index contributed by atoms with van der Waals surface area (Å²) in [5.41, 5.74) is 3.97. The molecule has 1 aliphatic carbocycles. The molecule has 0 unspecified atom stereocenters. The highest BCUT2D eigenvalue weighted by Crippen LogP contribution is 2.30. The van der Waals surface area contributed by atoms with Crippen LogP contribution in [0.4, 0.5) is 5.69 Å². The molecule has 0 atom stereocenters. The summed E-state index contributed by atoms with van der Waals surface area (Å²) in [7, 11) is 0. The first-order valence-corrected chi connectivity index (χ1v) is 13.4. The second-order valence-corrected chi connectivity index (χ2v) is 9.68. The van der Waals surface area contributed by atoms with Crippen LogP contribution < -0.4 is 26.6 Å². The van der Waals surface area contributed by atoms with Crippen molar-refractivity contribution in [2.75, 3.05) is 18.4 Å². The summed E-state index contributed by atoms with van der Waals surface area (Å²) in [6.07, 6.45) is 13.0. The zero-order chi connectivity index (χ0) is 27.1. The fourth-order valence-corrected chi connectivity index (χ4v) is 4.93. The predicted octanol–water partition coefficient (Wildman–Crippen LogP) is 4.85. The molecule has 2 aromatic heterocycles. The van der Waals surface area contributed by atoms with E-state index in [1.54, 1.807) is 23.2 Å². The Morgan fingerprint density at radius 2 is 1.97 bits per heavy atom. The lowest BCUT2D eigenvalue weighted by Crippen LogP contribution is -2.45. The van der Waals surface area contributed by atoms with Crippen LogP contribution in [-0.4, -0.2) is 33.3 Å². The monoisotopic (exact) mass is 522 g/mol. The summed E-state index contributed by atoms with van der Waals surface area (Å²) in [4.78, 5) is 18.1. The topological polar surface area (TPSA) is 76.2 Å². The van der Waals surface area contributed by atoms with Gasteiger partial charge >= 0.3 is 0 Å². The van der Waals surface area contributed by atoms with Crippen molar-refractivity contribution in [3.8, 4) is 0 Å². The van der Waals surface area contributed by atoms with Crippen molar-refractivity contribution in [3.05, 3.63) is 68.2 Å². The van der Waals surface area contributed by atoms with Crippen molar-refractivity contribution >= 4 is 47.2 Å². The van der Waals surface area contributed by atoms with Crippen molar-refractivity contribution < 1.29 is 0 Å². The first kappa shape index (κ1) is 28.4. The molecular weight excluding hydrogens is 484 g/mol. The molecule has 0 bridgehead atoms. The Hall–Kier alpha value is -3.16. The lowest BCUT2D eigenvalue weighted by Gasteiger charge is -2.22. The largest absolute Gasteiger partial charge is 0.341 e. The quantitative estimate of drug-likeness (QED) is 0.434. The second kappa shape index (κ2) is 12.9. The first-order valence-electron chi connectivity index (χ1n) is 13.0. The van der Waals surface area contributed by atoms with Crippen molar-refractivity contribution in [1.82, 2.24) is 19.7 Å². The SMILES string of the molecule is C=C(C)c1cn(C2=C(Cl)CCC=C2C)c(=O)/c(=C/N=C(C)Nc2cnn(C3CCNCC3)c2)c1=C.CC. The molecule has 37 heavy (non-hydrogen) atoms. The van der Waals surface area contributed by atoms with E-state index in [-0.39, 0.29) is 5.56 Å². The van der Waals surface area contributed by atoms with Gasteiger partial charge in [-0.3, -0.25) is 14.0 Å². The standard InChI is InChI=1S/C27H33ClN6O.C2H6/c1-17(2)24-16-33(26-18(3)7-6-8-25(26)28)27(35)23(19(24)4)14-30-20(5)32-21-13-31-34(15-21)22-9-11-29-12-10-22;1-2/h7,13-16,22,29H,1,4,6,8-12H2,2-3,5H3,(H,30,32);1-2H3/b23-14+;. The van der Waals surface area contributed by atoms with Crippen LogP contribution in [0.1, 0.15) is 71.9 Å². The lowest BCUT2D eigenvalue weighted by molar-refractivity contribution is 0.343. The number of hydrogen-bond acceptors (Lipinski definition) is 4. The number of anilines is 1. The molecule has 0 radical (unpaired) electrons. The van der Waals surface area contributed by atoms with E-state index in [0.717, 1.165) is 60.4 Å². The van der Waals surface area contributed by atoms with Crippen LogP contribution in [0.2, 0.25) is 0 Å². The molecule has 198 valence electrons. The minimum Gasteiger partial charge on any atom is -0.341 e. The summed E-state index contributed by atoms with van der Waals surface area (Å²) in [6.45, 7) is 20.0. The molecule has 2 aromatic rings. The number of aromatic nitrogens is 3. The average Bonchev–Trinajstić information content (AvgIpc) is 3.35. The third kappa shape index (κ3) is 6.59. The van der Waals surface area contributed by atoms with E-state index < -0.39 is 0 Å². The molecule has 8 heteroatoms. The van der Waals surface area contributed by atoms with Gasteiger partial charge in [-0.1, -0.05) is 44.7 Å². The number of hydrogen-bond donors (Lipinski definition) is 2. The van der Waals surface area contributed by atoms with Crippen LogP contribution in [0, 0.1) is 0 Å². The van der Waals surface area contributed by atoms with E-state index in [9.17, 15) is 4.79 Å². The Morgan fingerprint density at radius 1 is 1.27 bits per heavy atom. The molecule has 0 saturated carbocycles. The first-order chi connectivity index (χ1) is 17.8. The molecule has 0 aromatic carbocycles. The van der Waals surface area contributed by atoms with Crippen LogP contribution in [0.25, 0.3) is 24.0 Å². The Kier molecular flexibility index (Phi) is 9.89. The molecule has 0 spiro atoms. The lowest BCUT2D eigenvalue weighted by atomic mass is 10.0. The highest BCUT2D eigenvalue weighted by atomic mass is 35.5. The van der Waals surface area contributed by atoms with Crippen LogP contribution in [0.3, 0.4) is 0 Å². The summed E-state index contributed by atoms with van der Waals surface area (Å²) in [5, 5.41) is 12.8. The van der Waals surface area contributed by atoms with Gasteiger partial charge in [-0.15, -0.1) is 0 Å². The van der Waals surface area contributed by atoms with Crippen molar-refractivity contribution in [2.45, 2.75) is 66.3 Å². The zero-order valence-electron chi connectivity index (χ0n) is 22.7. The molecule has 1 fully saturated rings. The van der Waals surface area contributed by atoms with Gasteiger partial charge in [-0.2, -0.15) is 5.10 Å². The number of piperidine rings is 1. The highest BCUT2D eigenvalue weighted by molar-refractivity contribution is 6.32. The second-order valence-electron chi connectivity index (χ2n) is 9.23. The average molecular weight is 523 g/mol. The van der Waals surface area contributed by atoms with Crippen molar-refractivity contribution in [3.63, 3.8) is 0 Å². The van der Waals surface area contributed by atoms with Crippen molar-refractivity contribution in [1.29, 1.82) is 0 Å². The van der Waals surface area contributed by atoms with E-state index in [1.807, 2.05) is 45.5 Å². The summed E-state index contributed by atoms with van der Waals surface area (Å²) in [6, 6.07) is 0.408. The summed E-state index contributed by atoms with van der Waals surface area (Å²) in [5.74, 6) is 0.645. The Labute approximate surface area is 224 Å². The van der Waals surface area contributed by atoms with Gasteiger partial charge in [-0.25, -0.2) is 4.99 Å². The fraction of sp³-hybridized carbons (Fsp3) is 0.414. The van der Waals surface area contributed by atoms with Gasteiger partial charge < -0.3 is 10.6 Å². The Balaban J connectivity index is 0.00000186. The van der Waals surface area contributed by atoms with Crippen molar-refractivity contribution in [2.24, 2.45) is 4.99 Å². The minimum atomic E-state index is -0.210. The van der Waals surface area contributed by atoms with Gasteiger partial charge in [0.05, 0.1) is 28.8 Å². The summed E-state index contributed by atoms with van der Waals surface area (Å²) < 4.78 is 3.62. The van der Waals surface area contributed by atoms with E-state index >= 15 is 0 Å². The molecule has 4 rings (SSSR count). The van der Waals surface area contributed by atoms with E-state index in [0.29, 0.717) is 33.8 Å². The molecule has 0 amide bonds. The molecule has 3 heterocycles. The van der Waals surface area contributed by atoms with Gasteiger partial charge in [-0.05, 0) is 75.9 Å². The number of halogens is 1. The normalized spacial score (nSPS) is 17.3. The summed E-state index contributed by atoms with van der Waals surface area (Å²) >= 11 is 6.57. The number of aliphatic imine (C=N–C) groups is 1. The molecule has 1 saturated heterocycles. The third-order valence-corrected chi connectivity index (χ3v) is 6.87. The van der Waals surface area contributed by atoms with Gasteiger partial charge in [0.15, 0.2) is 0 Å². The van der Waals surface area contributed by atoms with Crippen LogP contribution >= 0.6 is 11.6 Å². The van der Waals surface area contributed by atoms with Crippen LogP contribution in [-0.2, 0) is 0 Å². The Morgan fingerprint density at radius 3 is 2.62 bits per heavy atom. The van der Waals surface area contributed by atoms with Gasteiger partial charge in [0.1, 0.15) is 5.84 Å². The Bertz CT molecular complexity index is 1400. The minimum absolute atomic E-state index is 0.210. The van der Waals surface area contributed by atoms with Crippen LogP contribution in [0.5, 0.6) is 0 Å². The molecule has 2 aliphatic rings. The maximum Gasteiger partial charge on any atom is 0.264 e. The maximum absolute atomic E-state index is 13.5. The predicted molar refractivity (Wildman–Crippen MR) is 158 cm³/mol. The molecule has 1 aliphatic heterocycles. The van der Waals surface area contributed by atoms with Gasteiger partial charge in [0.2, 0.25) is 0 Å². The van der Waals surface area contributed by atoms with Crippen LogP contribution in [0.15, 0.2) is 51.6 Å². The molecule has 7 nitrogen and oxygen atoms in total. The molecule has 2 N–H and O–H groups in total. The maximum atomic E-state index is 13.5. The zero-order valence-corrected chi connectivity index (χ0v) is 23.5. The number of nitrogens with zero attached hydrogens (tertiary/aromatic N) is 4. The number of rotatable bonds is 5. The third-order valence-electron chi connectivity index (χ3n) is 6.50. The van der Waals surface area contributed by atoms with Gasteiger partial charge in [0, 0.05) is 29.2 Å². The van der Waals surface area contributed by atoms with E-state index in [2.05, 4.69) is 40.0 Å². The highest BCUT2D eigenvalue weighted by Gasteiger charge is 2.17. The van der Waals surface area contributed by atoms with E-state index in [1.165, 1.54) is 0 Å². The number of pyridine rings is 1. The number of amidine groups is 1. The number of nitrogens with one attached hydrogen (secondary N) is 2. The smallest absolute Gasteiger partial charge is 0.264 e.